The van der Waals surface area contributed by atoms with Crippen molar-refractivity contribution >= 4 is 35.0 Å². The second-order valence-corrected chi connectivity index (χ2v) is 9.07. The normalized spacial score (nSPS) is 16.6. The summed E-state index contributed by atoms with van der Waals surface area (Å²) in [4.78, 5) is 17.4. The van der Waals surface area contributed by atoms with Gasteiger partial charge in [0.05, 0.1) is 17.2 Å². The van der Waals surface area contributed by atoms with Crippen LogP contribution < -0.4 is 0 Å². The predicted octanol–water partition coefficient (Wildman–Crippen LogP) is 5.24. The molecule has 0 saturated heterocycles. The lowest BCUT2D eigenvalue weighted by molar-refractivity contribution is -0.132. The number of nitrogens with zero attached hydrogens (tertiary/aromatic N) is 5. The summed E-state index contributed by atoms with van der Waals surface area (Å²) in [7, 11) is 0. The minimum absolute atomic E-state index is 0.186. The molecule has 8 nitrogen and oxygen atoms in total. The molecule has 10 heteroatoms. The molecular formula is C23H18ClN5O3S. The van der Waals surface area contributed by atoms with Gasteiger partial charge in [-0.3, -0.25) is 9.78 Å². The van der Waals surface area contributed by atoms with Gasteiger partial charge in [0.15, 0.2) is 0 Å². The first kappa shape index (κ1) is 21.4. The fourth-order valence-corrected chi connectivity index (χ4v) is 4.34. The van der Waals surface area contributed by atoms with Crippen molar-refractivity contribution in [3.8, 4) is 11.5 Å². The highest BCUT2D eigenvalue weighted by molar-refractivity contribution is 8.00. The first-order valence-corrected chi connectivity index (χ1v) is 11.4. The zero-order valence-corrected chi connectivity index (χ0v) is 19.0. The molecule has 4 heterocycles. The van der Waals surface area contributed by atoms with Crippen molar-refractivity contribution in [2.45, 2.75) is 29.9 Å². The van der Waals surface area contributed by atoms with E-state index >= 15 is 0 Å². The molecule has 1 aliphatic heterocycles. The third kappa shape index (κ3) is 4.55. The Bertz CT molecular complexity index is 1280. The van der Waals surface area contributed by atoms with E-state index in [1.807, 2.05) is 18.2 Å². The molecule has 0 fully saturated rings. The lowest BCUT2D eigenvalue weighted by Gasteiger charge is -2.22. The number of benzene rings is 1. The summed E-state index contributed by atoms with van der Waals surface area (Å²) in [5.74, 6) is 0.859. The van der Waals surface area contributed by atoms with Gasteiger partial charge in [0, 0.05) is 29.4 Å². The van der Waals surface area contributed by atoms with Crippen LogP contribution in [0.5, 0.6) is 0 Å². The SMILES string of the molecule is CC(Sc1nnc(-c2ccncc2)o1)C(=O)N1N=C(c2ccc(Cl)cc2)CC1c1ccco1. The third-order valence-corrected chi connectivity index (χ3v) is 6.32. The highest BCUT2D eigenvalue weighted by atomic mass is 35.5. The Kier molecular flexibility index (Phi) is 5.97. The first-order valence-electron chi connectivity index (χ1n) is 10.2. The van der Waals surface area contributed by atoms with Crippen molar-refractivity contribution in [1.82, 2.24) is 20.2 Å². The molecule has 3 aromatic heterocycles. The van der Waals surface area contributed by atoms with Crippen LogP contribution in [0.2, 0.25) is 5.02 Å². The molecule has 4 aromatic rings. The van der Waals surface area contributed by atoms with E-state index in [4.69, 9.17) is 20.4 Å². The molecular weight excluding hydrogens is 462 g/mol. The number of furan rings is 1. The van der Waals surface area contributed by atoms with Gasteiger partial charge in [-0.1, -0.05) is 35.5 Å². The summed E-state index contributed by atoms with van der Waals surface area (Å²) in [5, 5.41) is 14.7. The molecule has 0 saturated carbocycles. The Labute approximate surface area is 198 Å². The van der Waals surface area contributed by atoms with Crippen LogP contribution in [0.1, 0.15) is 30.7 Å². The van der Waals surface area contributed by atoms with Crippen molar-refractivity contribution in [3.05, 3.63) is 83.5 Å². The van der Waals surface area contributed by atoms with Crippen molar-refractivity contribution < 1.29 is 13.6 Å². The van der Waals surface area contributed by atoms with E-state index < -0.39 is 5.25 Å². The maximum absolute atomic E-state index is 13.4. The maximum Gasteiger partial charge on any atom is 0.277 e. The quantitative estimate of drug-likeness (QED) is 0.349. The zero-order chi connectivity index (χ0) is 22.8. The number of carbonyl (C=O) groups is 1. The second-order valence-electron chi connectivity index (χ2n) is 7.34. The first-order chi connectivity index (χ1) is 16.1. The number of aromatic nitrogens is 3. The van der Waals surface area contributed by atoms with Gasteiger partial charge in [0.2, 0.25) is 5.89 Å². The number of amides is 1. The highest BCUT2D eigenvalue weighted by Crippen LogP contribution is 2.36. The fourth-order valence-electron chi connectivity index (χ4n) is 3.49. The standard InChI is InChI=1S/C23H18ClN5O3S/c1-14(33-23-27-26-21(32-23)16-8-10-25-11-9-16)22(30)29-19(20-3-2-12-31-20)13-18(28-29)15-4-6-17(24)7-5-15/h2-12,14,19H,13H2,1H3. The van der Waals surface area contributed by atoms with Crippen LogP contribution in [0.3, 0.4) is 0 Å². The molecule has 2 atom stereocenters. The smallest absolute Gasteiger partial charge is 0.277 e. The molecule has 0 bridgehead atoms. The summed E-state index contributed by atoms with van der Waals surface area (Å²) >= 11 is 7.21. The third-order valence-electron chi connectivity index (χ3n) is 5.14. The number of halogens is 1. The van der Waals surface area contributed by atoms with E-state index in [0.717, 1.165) is 16.8 Å². The molecule has 166 valence electrons. The van der Waals surface area contributed by atoms with E-state index in [0.29, 0.717) is 28.3 Å². The minimum Gasteiger partial charge on any atom is -0.467 e. The average molecular weight is 480 g/mol. The lowest BCUT2D eigenvalue weighted by atomic mass is 10.0. The van der Waals surface area contributed by atoms with E-state index in [1.54, 1.807) is 55.9 Å². The van der Waals surface area contributed by atoms with E-state index in [2.05, 4.69) is 20.3 Å². The minimum atomic E-state index is -0.512. The Morgan fingerprint density at radius 2 is 1.91 bits per heavy atom. The Balaban J connectivity index is 1.36. The summed E-state index contributed by atoms with van der Waals surface area (Å²) in [5.41, 5.74) is 2.46. The van der Waals surface area contributed by atoms with Crippen LogP contribution in [0.15, 0.2) is 86.3 Å². The second kappa shape index (κ2) is 9.21. The molecule has 0 spiro atoms. The summed E-state index contributed by atoms with van der Waals surface area (Å²) in [6.45, 7) is 1.79. The van der Waals surface area contributed by atoms with Gasteiger partial charge in [-0.05, 0) is 48.9 Å². The predicted molar refractivity (Wildman–Crippen MR) is 124 cm³/mol. The van der Waals surface area contributed by atoms with Crippen LogP contribution in [0.4, 0.5) is 0 Å². The van der Waals surface area contributed by atoms with Gasteiger partial charge in [-0.25, -0.2) is 5.01 Å². The largest absolute Gasteiger partial charge is 0.467 e. The molecule has 1 amide bonds. The van der Waals surface area contributed by atoms with Crippen LogP contribution in [-0.2, 0) is 4.79 Å². The number of hydrazone groups is 1. The van der Waals surface area contributed by atoms with Gasteiger partial charge in [0.25, 0.3) is 11.1 Å². The molecule has 2 unspecified atom stereocenters. The van der Waals surface area contributed by atoms with Gasteiger partial charge >= 0.3 is 0 Å². The number of hydrogen-bond acceptors (Lipinski definition) is 8. The summed E-state index contributed by atoms with van der Waals surface area (Å²) in [6.07, 6.45) is 5.42. The molecule has 0 aliphatic carbocycles. The Morgan fingerprint density at radius 1 is 1.12 bits per heavy atom. The molecule has 1 aromatic carbocycles. The van der Waals surface area contributed by atoms with E-state index in [-0.39, 0.29) is 11.9 Å². The van der Waals surface area contributed by atoms with Gasteiger partial charge in [-0.15, -0.1) is 10.2 Å². The van der Waals surface area contributed by atoms with Crippen LogP contribution in [0, 0.1) is 0 Å². The Morgan fingerprint density at radius 3 is 2.64 bits per heavy atom. The lowest BCUT2D eigenvalue weighted by Crippen LogP contribution is -2.33. The summed E-state index contributed by atoms with van der Waals surface area (Å²) < 4.78 is 11.3. The monoisotopic (exact) mass is 479 g/mol. The van der Waals surface area contributed by atoms with Crippen LogP contribution in [-0.4, -0.2) is 37.1 Å². The number of rotatable bonds is 6. The van der Waals surface area contributed by atoms with Crippen LogP contribution >= 0.6 is 23.4 Å². The zero-order valence-electron chi connectivity index (χ0n) is 17.5. The number of pyridine rings is 1. The van der Waals surface area contributed by atoms with Crippen molar-refractivity contribution in [3.63, 3.8) is 0 Å². The van der Waals surface area contributed by atoms with E-state index in [1.165, 1.54) is 16.8 Å². The molecule has 1 aliphatic rings. The van der Waals surface area contributed by atoms with Crippen molar-refractivity contribution in [1.29, 1.82) is 0 Å². The van der Waals surface area contributed by atoms with E-state index in [9.17, 15) is 4.79 Å². The van der Waals surface area contributed by atoms with Gasteiger partial charge in [-0.2, -0.15) is 5.10 Å². The molecule has 33 heavy (non-hydrogen) atoms. The van der Waals surface area contributed by atoms with Crippen molar-refractivity contribution in [2.75, 3.05) is 0 Å². The fraction of sp³-hybridized carbons (Fsp3) is 0.174. The summed E-state index contributed by atoms with van der Waals surface area (Å²) in [6, 6.07) is 14.3. The molecule has 0 radical (unpaired) electrons. The molecule has 5 rings (SSSR count). The Hall–Kier alpha value is -3.43. The highest BCUT2D eigenvalue weighted by Gasteiger charge is 2.37. The number of carbonyl (C=O) groups excluding carboxylic acids is 1. The number of thioether (sulfide) groups is 1. The van der Waals surface area contributed by atoms with Gasteiger partial charge < -0.3 is 8.83 Å². The van der Waals surface area contributed by atoms with Crippen molar-refractivity contribution in [2.24, 2.45) is 5.10 Å². The molecule has 0 N–H and O–H groups in total. The maximum atomic E-state index is 13.4. The number of hydrogen-bond donors (Lipinski definition) is 0. The average Bonchev–Trinajstić information content (AvgIpc) is 3.60. The topological polar surface area (TPSA) is 97.6 Å². The van der Waals surface area contributed by atoms with Gasteiger partial charge in [0.1, 0.15) is 11.8 Å². The van der Waals surface area contributed by atoms with Crippen LogP contribution in [0.25, 0.3) is 11.5 Å².